The summed E-state index contributed by atoms with van der Waals surface area (Å²) in [5.41, 5.74) is -0.223. The summed E-state index contributed by atoms with van der Waals surface area (Å²) >= 11 is 0. The summed E-state index contributed by atoms with van der Waals surface area (Å²) in [6, 6.07) is 12.7. The van der Waals surface area contributed by atoms with Crippen LogP contribution >= 0.6 is 0 Å². The van der Waals surface area contributed by atoms with Gasteiger partial charge in [0.15, 0.2) is 5.82 Å². The molecule has 1 aromatic heterocycles. The van der Waals surface area contributed by atoms with Crippen LogP contribution in [-0.2, 0) is 6.18 Å². The van der Waals surface area contributed by atoms with E-state index >= 15 is 0 Å². The summed E-state index contributed by atoms with van der Waals surface area (Å²) in [6.07, 6.45) is -2.40. The average molecular weight is 411 g/mol. The number of hydrogen-bond donors (Lipinski definition) is 1. The minimum atomic E-state index is -4.52. The molecule has 2 aromatic carbocycles. The summed E-state index contributed by atoms with van der Waals surface area (Å²) < 4.78 is 39.1. The van der Waals surface area contributed by atoms with Gasteiger partial charge in [-0.15, -0.1) is 10.2 Å². The van der Waals surface area contributed by atoms with Gasteiger partial charge in [0.1, 0.15) is 5.69 Å². The molecule has 5 nitrogen and oxygen atoms in total. The second kappa shape index (κ2) is 7.92. The normalized spacial score (nSPS) is 17.6. The predicted octanol–water partition coefficient (Wildman–Crippen LogP) is 4.69. The summed E-state index contributed by atoms with van der Waals surface area (Å²) in [5, 5.41) is 23.1. The first-order chi connectivity index (χ1) is 14.4. The maximum atomic E-state index is 13.0. The molecule has 1 aliphatic rings. The van der Waals surface area contributed by atoms with Crippen molar-refractivity contribution in [2.24, 2.45) is 0 Å². The van der Waals surface area contributed by atoms with Crippen molar-refractivity contribution >= 4 is 16.6 Å². The molecule has 0 spiro atoms. The SMILES string of the molecule is CN1CCC[C@@H](Nc2nnc(-c3ccc(C(F)(F)F)cc3C#N)c3ccccc23)C1. The van der Waals surface area contributed by atoms with Gasteiger partial charge in [-0.1, -0.05) is 30.3 Å². The molecule has 0 unspecified atom stereocenters. The van der Waals surface area contributed by atoms with Crippen LogP contribution in [0.25, 0.3) is 22.0 Å². The van der Waals surface area contributed by atoms with Crippen LogP contribution in [0.1, 0.15) is 24.0 Å². The Labute approximate surface area is 172 Å². The molecule has 2 heterocycles. The van der Waals surface area contributed by atoms with Crippen LogP contribution in [0.5, 0.6) is 0 Å². The second-order valence-corrected chi connectivity index (χ2v) is 7.56. The van der Waals surface area contributed by atoms with Crippen molar-refractivity contribution in [1.82, 2.24) is 15.1 Å². The Hall–Kier alpha value is -3.18. The number of hydrogen-bond acceptors (Lipinski definition) is 5. The lowest BCUT2D eigenvalue weighted by Gasteiger charge is -2.30. The summed E-state index contributed by atoms with van der Waals surface area (Å²) in [4.78, 5) is 2.26. The molecule has 1 aliphatic heterocycles. The van der Waals surface area contributed by atoms with Crippen molar-refractivity contribution in [3.8, 4) is 17.3 Å². The molecule has 0 saturated carbocycles. The largest absolute Gasteiger partial charge is 0.416 e. The van der Waals surface area contributed by atoms with Crippen molar-refractivity contribution in [1.29, 1.82) is 5.26 Å². The Morgan fingerprint density at radius 3 is 2.60 bits per heavy atom. The van der Waals surface area contributed by atoms with E-state index in [0.717, 1.165) is 48.8 Å². The number of nitrogens with one attached hydrogen (secondary N) is 1. The Morgan fingerprint density at radius 2 is 1.90 bits per heavy atom. The molecule has 1 saturated heterocycles. The van der Waals surface area contributed by atoms with Crippen molar-refractivity contribution in [2.45, 2.75) is 25.1 Å². The maximum Gasteiger partial charge on any atom is 0.416 e. The predicted molar refractivity (Wildman–Crippen MR) is 109 cm³/mol. The molecular weight excluding hydrogens is 391 g/mol. The number of nitriles is 1. The van der Waals surface area contributed by atoms with E-state index in [1.165, 1.54) is 6.07 Å². The summed E-state index contributed by atoms with van der Waals surface area (Å²) in [6.45, 7) is 1.96. The minimum absolute atomic E-state index is 0.0844. The number of piperidine rings is 1. The quantitative estimate of drug-likeness (QED) is 0.677. The fourth-order valence-electron chi connectivity index (χ4n) is 3.91. The molecule has 1 atom stereocenters. The number of benzene rings is 2. The Balaban J connectivity index is 1.78. The number of anilines is 1. The van der Waals surface area contributed by atoms with Crippen molar-refractivity contribution < 1.29 is 13.2 Å². The van der Waals surface area contributed by atoms with Gasteiger partial charge < -0.3 is 10.2 Å². The van der Waals surface area contributed by atoms with Crippen molar-refractivity contribution in [3.05, 3.63) is 53.6 Å². The van der Waals surface area contributed by atoms with Crippen LogP contribution in [0.2, 0.25) is 0 Å². The average Bonchev–Trinajstić information content (AvgIpc) is 2.73. The van der Waals surface area contributed by atoms with Crippen LogP contribution in [0.4, 0.5) is 19.0 Å². The van der Waals surface area contributed by atoms with Gasteiger partial charge in [-0.05, 0) is 38.6 Å². The zero-order valence-electron chi connectivity index (χ0n) is 16.4. The Kier molecular flexibility index (Phi) is 5.31. The number of aromatic nitrogens is 2. The number of likely N-dealkylation sites (tertiary alicyclic amines) is 1. The summed E-state index contributed by atoms with van der Waals surface area (Å²) in [5.74, 6) is 0.639. The third-order valence-electron chi connectivity index (χ3n) is 5.38. The topological polar surface area (TPSA) is 64.8 Å². The number of likely N-dealkylation sites (N-methyl/N-ethyl adjacent to an activating group) is 1. The third kappa shape index (κ3) is 3.94. The molecule has 0 bridgehead atoms. The highest BCUT2D eigenvalue weighted by Crippen LogP contribution is 2.36. The Bertz CT molecular complexity index is 1120. The molecular formula is C22H20F3N5. The maximum absolute atomic E-state index is 13.0. The number of rotatable bonds is 3. The number of alkyl halides is 3. The number of nitrogens with zero attached hydrogens (tertiary/aromatic N) is 4. The van der Waals surface area contributed by atoms with Gasteiger partial charge in [0.25, 0.3) is 0 Å². The monoisotopic (exact) mass is 411 g/mol. The fraction of sp³-hybridized carbons (Fsp3) is 0.318. The lowest BCUT2D eigenvalue weighted by Crippen LogP contribution is -2.40. The van der Waals surface area contributed by atoms with E-state index < -0.39 is 11.7 Å². The molecule has 1 N–H and O–H groups in total. The highest BCUT2D eigenvalue weighted by molar-refractivity contribution is 6.00. The first kappa shape index (κ1) is 20.1. The lowest BCUT2D eigenvalue weighted by atomic mass is 9.98. The smallest absolute Gasteiger partial charge is 0.364 e. The molecule has 0 radical (unpaired) electrons. The van der Waals surface area contributed by atoms with E-state index in [-0.39, 0.29) is 11.6 Å². The van der Waals surface area contributed by atoms with Crippen molar-refractivity contribution in [3.63, 3.8) is 0 Å². The molecule has 1 fully saturated rings. The first-order valence-electron chi connectivity index (χ1n) is 9.69. The van der Waals surface area contributed by atoms with Gasteiger partial charge in [0.2, 0.25) is 0 Å². The standard InChI is InChI=1S/C22H20F3N5/c1-30-10-4-5-16(13-30)27-21-19-7-3-2-6-18(19)20(28-29-21)17-9-8-15(22(23,24)25)11-14(17)12-26/h2-3,6-9,11,16H,4-5,10,13H2,1H3,(H,27,29)/t16-/m1/s1. The van der Waals surface area contributed by atoms with Gasteiger partial charge in [0, 0.05) is 28.9 Å². The van der Waals surface area contributed by atoms with E-state index in [1.807, 2.05) is 30.3 Å². The van der Waals surface area contributed by atoms with Gasteiger partial charge in [-0.2, -0.15) is 18.4 Å². The molecule has 4 rings (SSSR count). The zero-order valence-corrected chi connectivity index (χ0v) is 16.4. The molecule has 3 aromatic rings. The fourth-order valence-corrected chi connectivity index (χ4v) is 3.91. The van der Waals surface area contributed by atoms with Gasteiger partial charge in [-0.25, -0.2) is 0 Å². The van der Waals surface area contributed by atoms with Gasteiger partial charge in [0.05, 0.1) is 17.2 Å². The minimum Gasteiger partial charge on any atom is -0.364 e. The van der Waals surface area contributed by atoms with Gasteiger partial charge >= 0.3 is 6.18 Å². The Morgan fingerprint density at radius 1 is 1.13 bits per heavy atom. The van der Waals surface area contributed by atoms with E-state index in [4.69, 9.17) is 0 Å². The molecule has 0 amide bonds. The molecule has 0 aliphatic carbocycles. The van der Waals surface area contributed by atoms with E-state index in [2.05, 4.69) is 27.5 Å². The first-order valence-corrected chi connectivity index (χ1v) is 9.69. The highest BCUT2D eigenvalue weighted by Gasteiger charge is 2.31. The van der Waals surface area contributed by atoms with Crippen LogP contribution in [-0.4, -0.2) is 41.3 Å². The molecule has 8 heteroatoms. The highest BCUT2D eigenvalue weighted by atomic mass is 19.4. The summed E-state index contributed by atoms with van der Waals surface area (Å²) in [7, 11) is 2.08. The van der Waals surface area contributed by atoms with Gasteiger partial charge in [-0.3, -0.25) is 0 Å². The number of halogens is 3. The van der Waals surface area contributed by atoms with E-state index in [9.17, 15) is 18.4 Å². The zero-order chi connectivity index (χ0) is 21.3. The third-order valence-corrected chi connectivity index (χ3v) is 5.38. The van der Waals surface area contributed by atoms with E-state index in [1.54, 1.807) is 0 Å². The van der Waals surface area contributed by atoms with Crippen LogP contribution < -0.4 is 5.32 Å². The molecule has 154 valence electrons. The number of fused-ring (bicyclic) bond motifs is 1. The lowest BCUT2D eigenvalue weighted by molar-refractivity contribution is -0.137. The van der Waals surface area contributed by atoms with Crippen LogP contribution in [0.15, 0.2) is 42.5 Å². The van der Waals surface area contributed by atoms with E-state index in [0.29, 0.717) is 17.1 Å². The molecule has 30 heavy (non-hydrogen) atoms. The van der Waals surface area contributed by atoms with Crippen LogP contribution in [0.3, 0.4) is 0 Å². The second-order valence-electron chi connectivity index (χ2n) is 7.56. The van der Waals surface area contributed by atoms with Crippen LogP contribution in [0, 0.1) is 11.3 Å². The van der Waals surface area contributed by atoms with Crippen molar-refractivity contribution in [2.75, 3.05) is 25.5 Å².